The molecule has 0 radical (unpaired) electrons. The monoisotopic (exact) mass is 430 g/mol. The lowest BCUT2D eigenvalue weighted by Gasteiger charge is -2.34. The van der Waals surface area contributed by atoms with Gasteiger partial charge < -0.3 is 15.5 Å². The summed E-state index contributed by atoms with van der Waals surface area (Å²) in [5, 5.41) is 9.09. The number of carbonyl (C=O) groups is 1. The lowest BCUT2D eigenvalue weighted by Crippen LogP contribution is -2.41. The van der Waals surface area contributed by atoms with Crippen molar-refractivity contribution in [1.29, 1.82) is 5.26 Å². The highest BCUT2D eigenvalue weighted by molar-refractivity contribution is 6.00. The number of carbonyl (C=O) groups excluding carboxylic acids is 1. The van der Waals surface area contributed by atoms with Crippen molar-refractivity contribution in [1.82, 2.24) is 4.90 Å². The number of nitriles is 1. The average Bonchev–Trinajstić information content (AvgIpc) is 2.84. The van der Waals surface area contributed by atoms with Gasteiger partial charge in [0.25, 0.3) is 5.91 Å². The minimum atomic E-state index is -0.568. The Kier molecular flexibility index (Phi) is 6.38. The van der Waals surface area contributed by atoms with Gasteiger partial charge in [-0.25, -0.2) is 4.39 Å². The number of hydrogen-bond donors (Lipinski definition) is 1. The fraction of sp³-hybridized carbons (Fsp3) is 0.308. The second kappa shape index (κ2) is 9.37. The van der Waals surface area contributed by atoms with Crippen molar-refractivity contribution in [3.05, 3.63) is 82.7 Å². The summed E-state index contributed by atoms with van der Waals surface area (Å²) in [5.74, 6) is -0.0965. The average molecular weight is 431 g/mol. The van der Waals surface area contributed by atoms with E-state index in [0.29, 0.717) is 43.2 Å². The number of aryl methyl sites for hydroxylation is 1. The van der Waals surface area contributed by atoms with Gasteiger partial charge in [0.1, 0.15) is 11.9 Å². The first-order valence-corrected chi connectivity index (χ1v) is 11.0. The van der Waals surface area contributed by atoms with Gasteiger partial charge in [0.15, 0.2) is 0 Å². The zero-order valence-corrected chi connectivity index (χ0v) is 18.2. The predicted octanol–water partition coefficient (Wildman–Crippen LogP) is 3.99. The van der Waals surface area contributed by atoms with Gasteiger partial charge in [-0.05, 0) is 62.6 Å². The zero-order valence-electron chi connectivity index (χ0n) is 18.2. The molecular formula is C26H27FN4O. The Bertz CT molecular complexity index is 1110. The highest BCUT2D eigenvalue weighted by Gasteiger charge is 2.27. The van der Waals surface area contributed by atoms with Crippen LogP contribution in [0.25, 0.3) is 5.70 Å². The van der Waals surface area contributed by atoms with E-state index in [1.54, 1.807) is 6.07 Å². The van der Waals surface area contributed by atoms with E-state index in [9.17, 15) is 9.18 Å². The number of halogens is 1. The molecule has 164 valence electrons. The van der Waals surface area contributed by atoms with E-state index >= 15 is 0 Å². The number of piperidine rings is 1. The van der Waals surface area contributed by atoms with E-state index in [2.05, 4.69) is 4.90 Å². The van der Waals surface area contributed by atoms with Crippen molar-refractivity contribution in [2.45, 2.75) is 19.8 Å². The summed E-state index contributed by atoms with van der Waals surface area (Å²) >= 11 is 0. The van der Waals surface area contributed by atoms with Crippen molar-refractivity contribution < 1.29 is 9.18 Å². The Morgan fingerprint density at radius 1 is 1.19 bits per heavy atom. The fourth-order valence-corrected chi connectivity index (χ4v) is 4.25. The quantitative estimate of drug-likeness (QED) is 0.796. The number of nitrogens with zero attached hydrogens (tertiary/aromatic N) is 3. The summed E-state index contributed by atoms with van der Waals surface area (Å²) in [7, 11) is 0. The molecule has 5 nitrogen and oxygen atoms in total. The number of benzene rings is 2. The molecule has 0 unspecified atom stereocenters. The van der Waals surface area contributed by atoms with Crippen molar-refractivity contribution in [3.8, 4) is 6.07 Å². The minimum absolute atomic E-state index is 0.00154. The zero-order chi connectivity index (χ0) is 22.7. The second-order valence-electron chi connectivity index (χ2n) is 8.41. The van der Waals surface area contributed by atoms with Crippen LogP contribution in [0.15, 0.2) is 60.2 Å². The molecule has 0 saturated carbocycles. The standard InChI is InChI=1S/C26H27FN4O/c1-18-2-6-23(7-3-18)31-13-10-21(26(32)30-11-8-19(16-28)9-12-30)15-25(31)20-4-5-22(17-29)24(27)14-20/h2-7,10,14-15,19H,8-9,11-13,16,28H2,1H3. The third kappa shape index (κ3) is 4.44. The Balaban J connectivity index is 1.67. The molecule has 0 bridgehead atoms. The number of amides is 1. The molecular weight excluding hydrogens is 403 g/mol. The Morgan fingerprint density at radius 3 is 2.53 bits per heavy atom. The first kappa shape index (κ1) is 21.8. The van der Waals surface area contributed by atoms with Crippen LogP contribution >= 0.6 is 0 Å². The first-order valence-electron chi connectivity index (χ1n) is 11.0. The van der Waals surface area contributed by atoms with E-state index in [4.69, 9.17) is 11.0 Å². The molecule has 2 aliphatic rings. The van der Waals surface area contributed by atoms with Crippen molar-refractivity contribution in [2.75, 3.05) is 31.1 Å². The largest absolute Gasteiger partial charge is 0.339 e. The van der Waals surface area contributed by atoms with Crippen LogP contribution in [0.2, 0.25) is 0 Å². The number of likely N-dealkylation sites (tertiary alicyclic amines) is 1. The number of rotatable bonds is 4. The van der Waals surface area contributed by atoms with E-state index in [1.807, 2.05) is 54.3 Å². The van der Waals surface area contributed by atoms with Gasteiger partial charge in [-0.3, -0.25) is 4.79 Å². The lowest BCUT2D eigenvalue weighted by atomic mass is 9.95. The molecule has 2 aliphatic heterocycles. The van der Waals surface area contributed by atoms with Crippen LogP contribution in [0.1, 0.15) is 29.5 Å². The van der Waals surface area contributed by atoms with Crippen LogP contribution in [0.4, 0.5) is 10.1 Å². The molecule has 0 aliphatic carbocycles. The molecule has 4 rings (SSSR count). The van der Waals surface area contributed by atoms with Crippen LogP contribution in [0.5, 0.6) is 0 Å². The second-order valence-corrected chi connectivity index (χ2v) is 8.41. The summed E-state index contributed by atoms with van der Waals surface area (Å²) in [5.41, 5.74) is 9.86. The summed E-state index contributed by atoms with van der Waals surface area (Å²) in [4.78, 5) is 17.2. The molecule has 1 fully saturated rings. The van der Waals surface area contributed by atoms with Gasteiger partial charge in [0.2, 0.25) is 0 Å². The molecule has 2 aromatic carbocycles. The van der Waals surface area contributed by atoms with Crippen molar-refractivity contribution in [2.24, 2.45) is 11.7 Å². The van der Waals surface area contributed by atoms with Gasteiger partial charge in [-0.2, -0.15) is 5.26 Å². The molecule has 6 heteroatoms. The van der Waals surface area contributed by atoms with Crippen LogP contribution in [0, 0.1) is 30.0 Å². The molecule has 0 aromatic heterocycles. The first-order chi connectivity index (χ1) is 15.5. The van der Waals surface area contributed by atoms with Gasteiger partial charge in [0, 0.05) is 42.2 Å². The molecule has 1 amide bonds. The van der Waals surface area contributed by atoms with Gasteiger partial charge >= 0.3 is 0 Å². The maximum Gasteiger partial charge on any atom is 0.253 e. The Morgan fingerprint density at radius 2 is 1.91 bits per heavy atom. The van der Waals surface area contributed by atoms with E-state index in [1.165, 1.54) is 12.1 Å². The van der Waals surface area contributed by atoms with E-state index < -0.39 is 5.82 Å². The molecule has 2 N–H and O–H groups in total. The van der Waals surface area contributed by atoms with Crippen LogP contribution in [-0.2, 0) is 4.79 Å². The normalized spacial score (nSPS) is 16.9. The summed E-state index contributed by atoms with van der Waals surface area (Å²) < 4.78 is 14.4. The summed E-state index contributed by atoms with van der Waals surface area (Å²) in [6.07, 6.45) is 5.60. The Hall–Kier alpha value is -3.43. The van der Waals surface area contributed by atoms with E-state index in [-0.39, 0.29) is 11.5 Å². The van der Waals surface area contributed by atoms with Crippen LogP contribution in [0.3, 0.4) is 0 Å². The minimum Gasteiger partial charge on any atom is -0.339 e. The Labute approximate surface area is 188 Å². The third-order valence-corrected chi connectivity index (χ3v) is 6.29. The maximum atomic E-state index is 14.4. The van der Waals surface area contributed by atoms with Gasteiger partial charge in [-0.1, -0.05) is 29.8 Å². The van der Waals surface area contributed by atoms with Crippen molar-refractivity contribution >= 4 is 17.3 Å². The number of anilines is 1. The van der Waals surface area contributed by atoms with Crippen LogP contribution in [-0.4, -0.2) is 37.0 Å². The highest BCUT2D eigenvalue weighted by atomic mass is 19.1. The SMILES string of the molecule is Cc1ccc(N2CC=C(C(=O)N3CCC(CN)CC3)C=C2c2ccc(C#N)c(F)c2)cc1. The molecule has 2 aromatic rings. The molecule has 2 heterocycles. The summed E-state index contributed by atoms with van der Waals surface area (Å²) in [6.45, 7) is 4.58. The molecule has 0 spiro atoms. The topological polar surface area (TPSA) is 73.4 Å². The van der Waals surface area contributed by atoms with Gasteiger partial charge in [-0.15, -0.1) is 0 Å². The number of nitrogens with two attached hydrogens (primary N) is 1. The summed E-state index contributed by atoms with van der Waals surface area (Å²) in [6, 6.07) is 14.5. The van der Waals surface area contributed by atoms with Crippen molar-refractivity contribution in [3.63, 3.8) is 0 Å². The van der Waals surface area contributed by atoms with Gasteiger partial charge in [0.05, 0.1) is 5.56 Å². The lowest BCUT2D eigenvalue weighted by molar-refractivity contribution is -0.128. The number of hydrogen-bond acceptors (Lipinski definition) is 4. The predicted molar refractivity (Wildman–Crippen MR) is 124 cm³/mol. The fourth-order valence-electron chi connectivity index (χ4n) is 4.25. The molecule has 32 heavy (non-hydrogen) atoms. The third-order valence-electron chi connectivity index (χ3n) is 6.29. The highest BCUT2D eigenvalue weighted by Crippen LogP contribution is 2.32. The molecule has 1 saturated heterocycles. The maximum absolute atomic E-state index is 14.4. The smallest absolute Gasteiger partial charge is 0.253 e. The van der Waals surface area contributed by atoms with E-state index in [0.717, 1.165) is 29.8 Å². The molecule has 0 atom stereocenters. The van der Waals surface area contributed by atoms with Crippen LogP contribution < -0.4 is 10.6 Å².